The standard InChI is InChI=1S/C19H21N.C17H20N2O5S.ClH/c1-20-14-6-11-19-17-9-4-2-7-15(17)12-13-16-8-3-5-10-18(16)19;1-2-3-9-19-14-10-12(17(20)21)11-15(25(18,22)23)16(14)24-13-7-5-4-6-8-13;/h2-5,7-10,12-13,19-20H,6,11,14H2,1H3;4-8,10-11,19H,2-3,9H2,1H3,(H,20,21)(H2,18,22,23);1H. The third kappa shape index (κ3) is 9.67. The van der Waals surface area contributed by atoms with Crippen LogP contribution in [-0.4, -0.2) is 39.6 Å². The Labute approximate surface area is 278 Å². The van der Waals surface area contributed by atoms with Crippen LogP contribution in [0.25, 0.3) is 12.2 Å². The molecule has 0 atom stereocenters. The molecule has 1 aliphatic carbocycles. The average Bonchev–Trinajstić information content (AvgIpc) is 3.19. The lowest BCUT2D eigenvalue weighted by atomic mass is 9.84. The van der Waals surface area contributed by atoms with Gasteiger partial charge >= 0.3 is 5.97 Å². The van der Waals surface area contributed by atoms with Crippen molar-refractivity contribution in [2.45, 2.75) is 43.4 Å². The maximum absolute atomic E-state index is 12.0. The van der Waals surface area contributed by atoms with E-state index in [-0.39, 0.29) is 34.3 Å². The van der Waals surface area contributed by atoms with Crippen LogP contribution in [0.1, 0.15) is 71.1 Å². The second kappa shape index (κ2) is 17.5. The summed E-state index contributed by atoms with van der Waals surface area (Å²) in [7, 11) is -2.17. The molecule has 0 amide bonds. The highest BCUT2D eigenvalue weighted by molar-refractivity contribution is 7.89. The summed E-state index contributed by atoms with van der Waals surface area (Å²) in [6.07, 6.45) is 8.65. The summed E-state index contributed by atoms with van der Waals surface area (Å²) in [6.45, 7) is 3.62. The van der Waals surface area contributed by atoms with E-state index in [0.717, 1.165) is 25.5 Å². The van der Waals surface area contributed by atoms with Crippen molar-refractivity contribution in [3.63, 3.8) is 0 Å². The van der Waals surface area contributed by atoms with Crippen LogP contribution in [0.4, 0.5) is 5.69 Å². The van der Waals surface area contributed by atoms with Gasteiger partial charge in [-0.3, -0.25) is 0 Å². The molecule has 0 unspecified atom stereocenters. The van der Waals surface area contributed by atoms with E-state index in [2.05, 4.69) is 71.3 Å². The van der Waals surface area contributed by atoms with E-state index >= 15 is 0 Å². The normalized spacial score (nSPS) is 12.0. The van der Waals surface area contributed by atoms with Crippen molar-refractivity contribution in [1.82, 2.24) is 5.32 Å². The van der Waals surface area contributed by atoms with Gasteiger partial charge in [0.1, 0.15) is 10.6 Å². The van der Waals surface area contributed by atoms with Gasteiger partial charge in [-0.15, -0.1) is 12.4 Å². The lowest BCUT2D eigenvalue weighted by Crippen LogP contribution is -2.16. The first kappa shape index (κ1) is 36.3. The number of nitrogens with one attached hydrogen (secondary N) is 2. The fraction of sp³-hybridized carbons (Fsp3) is 0.250. The minimum atomic E-state index is -4.19. The number of hydrogen-bond donors (Lipinski definition) is 4. The van der Waals surface area contributed by atoms with E-state index in [9.17, 15) is 18.3 Å². The highest BCUT2D eigenvalue weighted by Crippen LogP contribution is 2.38. The molecule has 0 saturated heterocycles. The molecule has 0 bridgehead atoms. The van der Waals surface area contributed by atoms with Crippen molar-refractivity contribution in [2.75, 3.05) is 25.5 Å². The maximum Gasteiger partial charge on any atom is 0.335 e. The van der Waals surface area contributed by atoms with Crippen LogP contribution in [0.3, 0.4) is 0 Å². The van der Waals surface area contributed by atoms with Crippen molar-refractivity contribution < 1.29 is 23.1 Å². The summed E-state index contributed by atoms with van der Waals surface area (Å²) < 4.78 is 29.7. The molecule has 0 radical (unpaired) electrons. The van der Waals surface area contributed by atoms with Gasteiger partial charge in [0.2, 0.25) is 10.0 Å². The first-order valence-corrected chi connectivity index (χ1v) is 16.7. The fourth-order valence-electron chi connectivity index (χ4n) is 5.28. The van der Waals surface area contributed by atoms with Gasteiger partial charge in [0.05, 0.1) is 11.3 Å². The summed E-state index contributed by atoms with van der Waals surface area (Å²) in [5, 5.41) is 20.8. The topological polar surface area (TPSA) is 131 Å². The van der Waals surface area contributed by atoms with Crippen LogP contribution in [0.5, 0.6) is 11.5 Å². The Morgan fingerprint density at radius 3 is 2.00 bits per heavy atom. The summed E-state index contributed by atoms with van der Waals surface area (Å²) in [5.41, 5.74) is 5.72. The van der Waals surface area contributed by atoms with Gasteiger partial charge in [-0.2, -0.15) is 0 Å². The average molecular weight is 664 g/mol. The zero-order valence-corrected chi connectivity index (χ0v) is 27.7. The minimum absolute atomic E-state index is 0. The van der Waals surface area contributed by atoms with Crippen LogP contribution >= 0.6 is 12.4 Å². The highest BCUT2D eigenvalue weighted by atomic mass is 35.5. The van der Waals surface area contributed by atoms with Crippen molar-refractivity contribution in [1.29, 1.82) is 0 Å². The fourth-order valence-corrected chi connectivity index (χ4v) is 5.98. The van der Waals surface area contributed by atoms with Gasteiger partial charge in [-0.25, -0.2) is 18.4 Å². The number of carbonyl (C=O) groups is 1. The van der Waals surface area contributed by atoms with Crippen LogP contribution in [0, 0.1) is 0 Å². The number of benzene rings is 4. The van der Waals surface area contributed by atoms with E-state index in [1.54, 1.807) is 30.3 Å². The van der Waals surface area contributed by atoms with Gasteiger partial charge < -0.3 is 20.5 Å². The Hall–Kier alpha value is -4.15. The quantitative estimate of drug-likeness (QED) is 0.114. The molecule has 0 aliphatic heterocycles. The molecule has 0 heterocycles. The molecule has 5 N–H and O–H groups in total. The first-order valence-electron chi connectivity index (χ1n) is 15.1. The van der Waals surface area contributed by atoms with E-state index < -0.39 is 16.0 Å². The van der Waals surface area contributed by atoms with Gasteiger partial charge in [0, 0.05) is 12.5 Å². The summed E-state index contributed by atoms with van der Waals surface area (Å²) in [6, 6.07) is 28.5. The number of primary sulfonamides is 1. The Balaban J connectivity index is 0.000000250. The number of fused-ring (bicyclic) bond motifs is 2. The van der Waals surface area contributed by atoms with Gasteiger partial charge in [-0.1, -0.05) is 92.2 Å². The van der Waals surface area contributed by atoms with Crippen LogP contribution in [0.15, 0.2) is 95.9 Å². The van der Waals surface area contributed by atoms with Gasteiger partial charge in [0.15, 0.2) is 5.75 Å². The molecule has 5 rings (SSSR count). The number of halogens is 1. The second-order valence-electron chi connectivity index (χ2n) is 10.8. The van der Waals surface area contributed by atoms with Crippen molar-refractivity contribution in [2.24, 2.45) is 5.14 Å². The van der Waals surface area contributed by atoms with E-state index in [0.29, 0.717) is 18.2 Å². The number of nitrogens with two attached hydrogens (primary N) is 1. The molecule has 4 aromatic carbocycles. The van der Waals surface area contributed by atoms with Gasteiger partial charge in [-0.05, 0) is 79.4 Å². The predicted molar refractivity (Wildman–Crippen MR) is 189 cm³/mol. The summed E-state index contributed by atoms with van der Waals surface area (Å²) in [5.74, 6) is -0.357. The molecule has 0 saturated carbocycles. The summed E-state index contributed by atoms with van der Waals surface area (Å²) >= 11 is 0. The molecule has 244 valence electrons. The third-order valence-corrected chi connectivity index (χ3v) is 8.44. The Morgan fingerprint density at radius 1 is 0.870 bits per heavy atom. The molecule has 8 nitrogen and oxygen atoms in total. The molecule has 46 heavy (non-hydrogen) atoms. The number of ether oxygens (including phenoxy) is 1. The number of para-hydroxylation sites is 1. The molecule has 0 fully saturated rings. The van der Waals surface area contributed by atoms with Crippen LogP contribution < -0.4 is 20.5 Å². The number of sulfonamides is 1. The number of carboxylic acids is 1. The smallest absolute Gasteiger partial charge is 0.335 e. The number of carboxylic acid groups (broad SMARTS) is 1. The number of rotatable bonds is 12. The Bertz CT molecular complexity index is 1680. The zero-order valence-electron chi connectivity index (χ0n) is 26.1. The number of unbranched alkanes of at least 4 members (excludes halogenated alkanes) is 1. The third-order valence-electron chi connectivity index (χ3n) is 7.52. The maximum atomic E-state index is 12.0. The lowest BCUT2D eigenvalue weighted by molar-refractivity contribution is 0.0696. The van der Waals surface area contributed by atoms with E-state index in [1.165, 1.54) is 41.2 Å². The van der Waals surface area contributed by atoms with Crippen molar-refractivity contribution >= 4 is 46.2 Å². The monoisotopic (exact) mass is 663 g/mol. The molecule has 4 aromatic rings. The Kier molecular flexibility index (Phi) is 13.8. The molecule has 0 aromatic heterocycles. The molecular formula is C36H42ClN3O5S. The zero-order chi connectivity index (χ0) is 32.2. The first-order chi connectivity index (χ1) is 21.7. The Morgan fingerprint density at radius 2 is 1.46 bits per heavy atom. The molecule has 10 heteroatoms. The molecule has 1 aliphatic rings. The van der Waals surface area contributed by atoms with Crippen LogP contribution in [-0.2, 0) is 10.0 Å². The van der Waals surface area contributed by atoms with Crippen LogP contribution in [0.2, 0.25) is 0 Å². The lowest BCUT2D eigenvalue weighted by Gasteiger charge is -2.20. The largest absolute Gasteiger partial charge is 0.478 e. The van der Waals surface area contributed by atoms with E-state index in [1.807, 2.05) is 14.0 Å². The van der Waals surface area contributed by atoms with E-state index in [4.69, 9.17) is 9.88 Å². The molecular weight excluding hydrogens is 622 g/mol. The second-order valence-corrected chi connectivity index (χ2v) is 12.3. The van der Waals surface area contributed by atoms with Gasteiger partial charge in [0.25, 0.3) is 0 Å². The van der Waals surface area contributed by atoms with Crippen molar-refractivity contribution in [3.05, 3.63) is 119 Å². The molecule has 0 spiro atoms. The highest BCUT2D eigenvalue weighted by Gasteiger charge is 2.24. The SMILES string of the molecule is CCCCNc1cc(C(=O)O)cc(S(N)(=O)=O)c1Oc1ccccc1.CNCCCC1c2ccccc2C=Cc2ccccc21.Cl. The predicted octanol–water partition coefficient (Wildman–Crippen LogP) is 7.76. The number of anilines is 1. The van der Waals surface area contributed by atoms with Crippen molar-refractivity contribution in [3.8, 4) is 11.5 Å². The summed E-state index contributed by atoms with van der Waals surface area (Å²) in [4.78, 5) is 10.9. The minimum Gasteiger partial charge on any atom is -0.478 e. The number of hydrogen-bond acceptors (Lipinski definition) is 6. The number of aromatic carboxylic acids is 1.